The van der Waals surface area contributed by atoms with E-state index in [1.807, 2.05) is 36.4 Å². The first-order chi connectivity index (χ1) is 14.2. The molecule has 0 unspecified atom stereocenters. The fourth-order valence-corrected chi connectivity index (χ4v) is 4.07. The summed E-state index contributed by atoms with van der Waals surface area (Å²) in [6, 6.07) is 11.6. The lowest BCUT2D eigenvalue weighted by atomic mass is 10.00. The summed E-state index contributed by atoms with van der Waals surface area (Å²) in [5.41, 5.74) is 3.52. The zero-order valence-corrected chi connectivity index (χ0v) is 16.2. The van der Waals surface area contributed by atoms with Crippen LogP contribution in [0.4, 0.5) is 5.13 Å². The van der Waals surface area contributed by atoms with Gasteiger partial charge in [-0.1, -0.05) is 12.1 Å². The molecule has 3 aromatic rings. The monoisotopic (exact) mass is 407 g/mol. The molecule has 0 aliphatic carbocycles. The van der Waals surface area contributed by atoms with Gasteiger partial charge in [0.25, 0.3) is 5.91 Å². The molecule has 0 spiro atoms. The van der Waals surface area contributed by atoms with E-state index in [4.69, 9.17) is 9.47 Å². The van der Waals surface area contributed by atoms with Gasteiger partial charge in [0.15, 0.2) is 16.6 Å². The molecule has 3 heterocycles. The Morgan fingerprint density at radius 3 is 2.72 bits per heavy atom. The van der Waals surface area contributed by atoms with Gasteiger partial charge in [-0.25, -0.2) is 4.98 Å². The number of fused-ring (bicyclic) bond motifs is 2. The van der Waals surface area contributed by atoms with Crippen LogP contribution in [0.25, 0.3) is 11.1 Å². The summed E-state index contributed by atoms with van der Waals surface area (Å²) in [6.07, 6.45) is 1.62. The van der Waals surface area contributed by atoms with Gasteiger partial charge in [0.2, 0.25) is 5.91 Å². The van der Waals surface area contributed by atoms with Crippen LogP contribution < -0.4 is 14.8 Å². The van der Waals surface area contributed by atoms with E-state index in [0.29, 0.717) is 30.5 Å². The third kappa shape index (κ3) is 3.42. The van der Waals surface area contributed by atoms with Gasteiger partial charge in [0.1, 0.15) is 19.8 Å². The lowest BCUT2D eigenvalue weighted by molar-refractivity contribution is -0.116. The second-order valence-corrected chi connectivity index (χ2v) is 7.67. The highest BCUT2D eigenvalue weighted by Crippen LogP contribution is 2.36. The topological polar surface area (TPSA) is 80.8 Å². The summed E-state index contributed by atoms with van der Waals surface area (Å²) in [6.45, 7) is 1.48. The van der Waals surface area contributed by atoms with Crippen LogP contribution >= 0.6 is 11.3 Å². The van der Waals surface area contributed by atoms with Gasteiger partial charge in [-0.3, -0.25) is 9.59 Å². The molecule has 2 aromatic carbocycles. The number of hydrogen-bond acceptors (Lipinski definition) is 6. The quantitative estimate of drug-likeness (QED) is 0.719. The highest BCUT2D eigenvalue weighted by Gasteiger charge is 2.29. The van der Waals surface area contributed by atoms with Crippen LogP contribution in [0.2, 0.25) is 0 Å². The summed E-state index contributed by atoms with van der Waals surface area (Å²) < 4.78 is 11.2. The molecule has 29 heavy (non-hydrogen) atoms. The number of rotatable bonds is 4. The van der Waals surface area contributed by atoms with Gasteiger partial charge in [0.05, 0.1) is 0 Å². The molecule has 0 atom stereocenters. The molecule has 0 saturated heterocycles. The predicted octanol–water partition coefficient (Wildman–Crippen LogP) is 3.18. The maximum Gasteiger partial charge on any atom is 0.254 e. The third-order valence-corrected chi connectivity index (χ3v) is 5.56. The largest absolute Gasteiger partial charge is 0.486 e. The first-order valence-electron chi connectivity index (χ1n) is 9.19. The second-order valence-electron chi connectivity index (χ2n) is 6.78. The number of anilines is 1. The van der Waals surface area contributed by atoms with Gasteiger partial charge in [-0.15, -0.1) is 11.3 Å². The summed E-state index contributed by atoms with van der Waals surface area (Å²) in [4.78, 5) is 30.5. The maximum atomic E-state index is 12.7. The fourth-order valence-electron chi connectivity index (χ4n) is 3.53. The highest BCUT2D eigenvalue weighted by molar-refractivity contribution is 7.13. The molecule has 2 amide bonds. The summed E-state index contributed by atoms with van der Waals surface area (Å²) >= 11 is 1.34. The fraction of sp³-hybridized carbons (Fsp3) is 0.190. The molecule has 146 valence electrons. The molecule has 7 nitrogen and oxygen atoms in total. The van der Waals surface area contributed by atoms with Crippen molar-refractivity contribution in [2.24, 2.45) is 0 Å². The minimum Gasteiger partial charge on any atom is -0.486 e. The van der Waals surface area contributed by atoms with Crippen molar-refractivity contribution in [3.63, 3.8) is 0 Å². The average molecular weight is 407 g/mol. The summed E-state index contributed by atoms with van der Waals surface area (Å²) in [5, 5.41) is 5.02. The van der Waals surface area contributed by atoms with Gasteiger partial charge >= 0.3 is 0 Å². The second kappa shape index (κ2) is 7.21. The van der Waals surface area contributed by atoms with Crippen molar-refractivity contribution in [2.75, 3.05) is 25.1 Å². The minimum atomic E-state index is -0.256. The molecule has 5 rings (SSSR count). The molecule has 0 bridgehead atoms. The summed E-state index contributed by atoms with van der Waals surface area (Å²) in [5.74, 6) is 1.08. The number of nitrogens with one attached hydrogen (secondary N) is 1. The molecule has 1 aromatic heterocycles. The van der Waals surface area contributed by atoms with Gasteiger partial charge in [0, 0.05) is 23.7 Å². The van der Waals surface area contributed by atoms with E-state index in [9.17, 15) is 9.59 Å². The number of carbonyl (C=O) groups excluding carboxylic acids is 2. The van der Waals surface area contributed by atoms with E-state index in [-0.39, 0.29) is 18.4 Å². The van der Waals surface area contributed by atoms with Gasteiger partial charge < -0.3 is 19.7 Å². The van der Waals surface area contributed by atoms with Crippen LogP contribution in [0.1, 0.15) is 15.9 Å². The number of aromatic nitrogens is 1. The molecule has 0 fully saturated rings. The Balaban J connectivity index is 1.34. The Labute approximate surface area is 170 Å². The van der Waals surface area contributed by atoms with E-state index >= 15 is 0 Å². The van der Waals surface area contributed by atoms with Gasteiger partial charge in [-0.2, -0.15) is 0 Å². The van der Waals surface area contributed by atoms with E-state index in [1.54, 1.807) is 16.5 Å². The van der Waals surface area contributed by atoms with Crippen molar-refractivity contribution in [2.45, 2.75) is 6.54 Å². The molecular formula is C21H17N3O4S. The molecule has 0 saturated carbocycles. The smallest absolute Gasteiger partial charge is 0.254 e. The highest BCUT2D eigenvalue weighted by atomic mass is 32.1. The number of carbonyl (C=O) groups is 2. The van der Waals surface area contributed by atoms with Crippen LogP contribution in [0, 0.1) is 0 Å². The number of benzene rings is 2. The van der Waals surface area contributed by atoms with Crippen LogP contribution in [-0.2, 0) is 11.3 Å². The standard InChI is InChI=1S/C21H17N3O4S/c25-19(23-21-22-5-8-29-21)12-24-11-15-9-13(1-3-16(15)20(24)26)14-2-4-17-18(10-14)28-7-6-27-17/h1-5,8-10H,6-7,11-12H2,(H,22,23,25). The van der Waals surface area contributed by atoms with Crippen molar-refractivity contribution in [1.82, 2.24) is 9.88 Å². The van der Waals surface area contributed by atoms with E-state index in [0.717, 1.165) is 28.2 Å². The number of nitrogens with zero attached hydrogens (tertiary/aromatic N) is 2. The Kier molecular flexibility index (Phi) is 4.40. The Bertz CT molecular complexity index is 1100. The van der Waals surface area contributed by atoms with Crippen molar-refractivity contribution in [3.05, 3.63) is 59.1 Å². The van der Waals surface area contributed by atoms with Crippen LogP contribution in [0.15, 0.2) is 48.0 Å². The van der Waals surface area contributed by atoms with Crippen molar-refractivity contribution < 1.29 is 19.1 Å². The molecule has 0 radical (unpaired) electrons. The van der Waals surface area contributed by atoms with Crippen LogP contribution in [-0.4, -0.2) is 41.5 Å². The number of thiazole rings is 1. The number of amides is 2. The maximum absolute atomic E-state index is 12.7. The zero-order chi connectivity index (χ0) is 19.8. The number of hydrogen-bond donors (Lipinski definition) is 1. The minimum absolute atomic E-state index is 0.00749. The average Bonchev–Trinajstić information content (AvgIpc) is 3.35. The molecular weight excluding hydrogens is 390 g/mol. The zero-order valence-electron chi connectivity index (χ0n) is 15.4. The Morgan fingerprint density at radius 1 is 1.10 bits per heavy atom. The molecule has 2 aliphatic heterocycles. The van der Waals surface area contributed by atoms with E-state index in [1.165, 1.54) is 11.3 Å². The first kappa shape index (κ1) is 17.7. The number of ether oxygens (including phenoxy) is 2. The van der Waals surface area contributed by atoms with Crippen molar-refractivity contribution in [3.8, 4) is 22.6 Å². The third-order valence-electron chi connectivity index (χ3n) is 4.87. The normalized spacial score (nSPS) is 14.6. The van der Waals surface area contributed by atoms with E-state index in [2.05, 4.69) is 10.3 Å². The molecule has 1 N–H and O–H groups in total. The molecule has 8 heteroatoms. The lowest BCUT2D eigenvalue weighted by Gasteiger charge is -2.19. The van der Waals surface area contributed by atoms with Crippen molar-refractivity contribution in [1.29, 1.82) is 0 Å². The SMILES string of the molecule is O=C(CN1Cc2cc(-c3ccc4c(c3)OCCO4)ccc2C1=O)Nc1nccs1. The summed E-state index contributed by atoms with van der Waals surface area (Å²) in [7, 11) is 0. The van der Waals surface area contributed by atoms with Gasteiger partial charge in [-0.05, 0) is 41.0 Å². The molecule has 2 aliphatic rings. The Morgan fingerprint density at radius 2 is 1.90 bits per heavy atom. The van der Waals surface area contributed by atoms with Crippen molar-refractivity contribution >= 4 is 28.3 Å². The Hall–Kier alpha value is -3.39. The van der Waals surface area contributed by atoms with Crippen LogP contribution in [0.3, 0.4) is 0 Å². The van der Waals surface area contributed by atoms with Crippen LogP contribution in [0.5, 0.6) is 11.5 Å². The predicted molar refractivity (Wildman–Crippen MR) is 108 cm³/mol. The lowest BCUT2D eigenvalue weighted by Crippen LogP contribution is -2.33. The van der Waals surface area contributed by atoms with E-state index < -0.39 is 0 Å². The first-order valence-corrected chi connectivity index (χ1v) is 10.1.